The number of nitrogens with zero attached hydrogens (tertiary/aromatic N) is 2. The molecule has 0 N–H and O–H groups in total. The van der Waals surface area contributed by atoms with Crippen molar-refractivity contribution in [3.05, 3.63) is 35.0 Å². The zero-order valence-electron chi connectivity index (χ0n) is 10.2. The molecule has 4 heteroatoms. The average molecular weight is 246 g/mol. The Balaban J connectivity index is 3.11. The summed E-state index contributed by atoms with van der Waals surface area (Å²) in [6.45, 7) is 5.22. The number of carbonyl (C=O) groups excluding carboxylic acids is 1. The lowest BCUT2D eigenvalue weighted by molar-refractivity contribution is 0.101. The van der Waals surface area contributed by atoms with Gasteiger partial charge in [0.05, 0.1) is 5.56 Å². The van der Waals surface area contributed by atoms with E-state index in [1.54, 1.807) is 13.0 Å². The average Bonchev–Trinajstić information content (AvgIpc) is 2.29. The van der Waals surface area contributed by atoms with Crippen LogP contribution in [0, 0.1) is 18.3 Å². The van der Waals surface area contributed by atoms with Crippen molar-refractivity contribution in [1.29, 1.82) is 5.26 Å². The molecule has 0 aliphatic rings. The smallest absolute Gasteiger partial charge is 0.161 e. The second kappa shape index (κ2) is 6.21. The van der Waals surface area contributed by atoms with Crippen molar-refractivity contribution in [2.24, 2.45) is 0 Å². The Hall–Kier alpha value is -1.60. The standard InChI is InChI=1S/C13H14N2OS/c1-4-5-6-17-13-11(8-14)7-12(10(3)16)9(2)15-13/h4-5,7H,6H2,1-3H3. The number of thioether (sulfide) groups is 1. The highest BCUT2D eigenvalue weighted by Gasteiger charge is 2.11. The summed E-state index contributed by atoms with van der Waals surface area (Å²) < 4.78 is 0. The molecule has 17 heavy (non-hydrogen) atoms. The summed E-state index contributed by atoms with van der Waals surface area (Å²) in [4.78, 5) is 15.7. The molecule has 0 saturated carbocycles. The molecule has 0 fully saturated rings. The van der Waals surface area contributed by atoms with E-state index in [1.165, 1.54) is 18.7 Å². The fraction of sp³-hybridized carbons (Fsp3) is 0.308. The van der Waals surface area contributed by atoms with Gasteiger partial charge >= 0.3 is 0 Å². The molecule has 0 spiro atoms. The molecule has 1 heterocycles. The van der Waals surface area contributed by atoms with Gasteiger partial charge in [-0.15, -0.1) is 11.8 Å². The van der Waals surface area contributed by atoms with Gasteiger partial charge in [0.25, 0.3) is 0 Å². The minimum absolute atomic E-state index is 0.0588. The van der Waals surface area contributed by atoms with Crippen LogP contribution in [0.15, 0.2) is 23.2 Å². The quantitative estimate of drug-likeness (QED) is 0.465. The van der Waals surface area contributed by atoms with Gasteiger partial charge in [0.15, 0.2) is 5.78 Å². The van der Waals surface area contributed by atoms with Crippen molar-refractivity contribution >= 4 is 17.5 Å². The molecule has 0 unspecified atom stereocenters. The predicted molar refractivity (Wildman–Crippen MR) is 69.2 cm³/mol. The van der Waals surface area contributed by atoms with E-state index in [9.17, 15) is 4.79 Å². The van der Waals surface area contributed by atoms with E-state index in [-0.39, 0.29) is 5.78 Å². The molecule has 0 aliphatic heterocycles. The van der Waals surface area contributed by atoms with Gasteiger partial charge in [0.2, 0.25) is 0 Å². The second-order valence-electron chi connectivity index (χ2n) is 3.52. The van der Waals surface area contributed by atoms with Crippen molar-refractivity contribution in [3.8, 4) is 6.07 Å². The zero-order chi connectivity index (χ0) is 12.8. The van der Waals surface area contributed by atoms with Crippen LogP contribution in [0.4, 0.5) is 0 Å². The Morgan fingerprint density at radius 3 is 2.88 bits per heavy atom. The number of Topliss-reactive ketones (excluding diaryl/α,β-unsaturated/α-hetero) is 1. The largest absolute Gasteiger partial charge is 0.294 e. The van der Waals surface area contributed by atoms with Crippen LogP contribution in [-0.4, -0.2) is 16.5 Å². The highest BCUT2D eigenvalue weighted by Crippen LogP contribution is 2.23. The predicted octanol–water partition coefficient (Wildman–Crippen LogP) is 3.13. The van der Waals surface area contributed by atoms with Crippen LogP contribution in [0.2, 0.25) is 0 Å². The van der Waals surface area contributed by atoms with Crippen LogP contribution < -0.4 is 0 Å². The van der Waals surface area contributed by atoms with Gasteiger partial charge in [-0.25, -0.2) is 4.98 Å². The maximum atomic E-state index is 11.3. The first-order chi connectivity index (χ1) is 8.10. The zero-order valence-corrected chi connectivity index (χ0v) is 11.0. The highest BCUT2D eigenvalue weighted by molar-refractivity contribution is 7.99. The van der Waals surface area contributed by atoms with Crippen LogP contribution >= 0.6 is 11.8 Å². The first kappa shape index (κ1) is 13.5. The Bertz CT molecular complexity index is 501. The molecule has 1 aromatic rings. The molecule has 1 aromatic heterocycles. The van der Waals surface area contributed by atoms with Crippen molar-refractivity contribution < 1.29 is 4.79 Å². The number of carbonyl (C=O) groups is 1. The number of hydrogen-bond donors (Lipinski definition) is 0. The molecule has 1 rings (SSSR count). The number of hydrogen-bond acceptors (Lipinski definition) is 4. The van der Waals surface area contributed by atoms with E-state index in [2.05, 4.69) is 11.1 Å². The van der Waals surface area contributed by atoms with Crippen molar-refractivity contribution in [1.82, 2.24) is 4.98 Å². The minimum atomic E-state index is -0.0588. The van der Waals surface area contributed by atoms with E-state index in [1.807, 2.05) is 19.1 Å². The van der Waals surface area contributed by atoms with Gasteiger partial charge in [0.1, 0.15) is 11.1 Å². The number of rotatable bonds is 4. The number of aryl methyl sites for hydroxylation is 1. The fourth-order valence-electron chi connectivity index (χ4n) is 1.35. The molecular weight excluding hydrogens is 232 g/mol. The molecule has 0 aliphatic carbocycles. The summed E-state index contributed by atoms with van der Waals surface area (Å²) in [5, 5.41) is 9.73. The van der Waals surface area contributed by atoms with Gasteiger partial charge < -0.3 is 0 Å². The Morgan fingerprint density at radius 2 is 2.35 bits per heavy atom. The van der Waals surface area contributed by atoms with Gasteiger partial charge in [-0.1, -0.05) is 12.2 Å². The molecule has 0 atom stereocenters. The summed E-state index contributed by atoms with van der Waals surface area (Å²) in [5.74, 6) is 0.716. The molecule has 0 saturated heterocycles. The van der Waals surface area contributed by atoms with Crippen molar-refractivity contribution in [3.63, 3.8) is 0 Å². The summed E-state index contributed by atoms with van der Waals surface area (Å²) in [7, 11) is 0. The second-order valence-corrected chi connectivity index (χ2v) is 4.53. The topological polar surface area (TPSA) is 53.8 Å². The van der Waals surface area contributed by atoms with Crippen molar-refractivity contribution in [2.75, 3.05) is 5.75 Å². The molecule has 0 bridgehead atoms. The molecule has 0 aromatic carbocycles. The monoisotopic (exact) mass is 246 g/mol. The first-order valence-electron chi connectivity index (χ1n) is 5.26. The molecule has 3 nitrogen and oxygen atoms in total. The van der Waals surface area contributed by atoms with Gasteiger partial charge in [0, 0.05) is 17.0 Å². The van der Waals surface area contributed by atoms with Gasteiger partial charge in [-0.05, 0) is 26.8 Å². The minimum Gasteiger partial charge on any atom is -0.294 e. The van der Waals surface area contributed by atoms with E-state index in [0.717, 1.165) is 5.75 Å². The maximum absolute atomic E-state index is 11.3. The fourth-order valence-corrected chi connectivity index (χ4v) is 2.26. The third-order valence-corrected chi connectivity index (χ3v) is 3.17. The summed E-state index contributed by atoms with van der Waals surface area (Å²) in [6.07, 6.45) is 3.96. The molecule has 88 valence electrons. The van der Waals surface area contributed by atoms with E-state index >= 15 is 0 Å². The van der Waals surface area contributed by atoms with Gasteiger partial charge in [-0.2, -0.15) is 5.26 Å². The normalized spacial score (nSPS) is 10.5. The Labute approximate surface area is 106 Å². The molecule has 0 amide bonds. The number of nitriles is 1. The summed E-state index contributed by atoms with van der Waals surface area (Å²) >= 11 is 1.50. The third-order valence-electron chi connectivity index (χ3n) is 2.23. The van der Waals surface area contributed by atoms with E-state index in [0.29, 0.717) is 21.8 Å². The Morgan fingerprint density at radius 1 is 1.65 bits per heavy atom. The number of ketones is 1. The maximum Gasteiger partial charge on any atom is 0.161 e. The summed E-state index contributed by atoms with van der Waals surface area (Å²) in [5.41, 5.74) is 1.67. The van der Waals surface area contributed by atoms with Gasteiger partial charge in [-0.3, -0.25) is 4.79 Å². The Kier molecular flexibility index (Phi) is 4.92. The summed E-state index contributed by atoms with van der Waals surface area (Å²) in [6, 6.07) is 3.71. The van der Waals surface area contributed by atoms with E-state index < -0.39 is 0 Å². The van der Waals surface area contributed by atoms with Crippen LogP contribution in [-0.2, 0) is 0 Å². The van der Waals surface area contributed by atoms with E-state index in [4.69, 9.17) is 5.26 Å². The number of allylic oxidation sites excluding steroid dienone is 1. The van der Waals surface area contributed by atoms with Crippen LogP contribution in [0.25, 0.3) is 0 Å². The number of aromatic nitrogens is 1. The lowest BCUT2D eigenvalue weighted by atomic mass is 10.1. The van der Waals surface area contributed by atoms with Crippen molar-refractivity contribution in [2.45, 2.75) is 25.8 Å². The van der Waals surface area contributed by atoms with Crippen LogP contribution in [0.1, 0.15) is 35.5 Å². The lowest BCUT2D eigenvalue weighted by Crippen LogP contribution is -2.02. The first-order valence-corrected chi connectivity index (χ1v) is 6.25. The van der Waals surface area contributed by atoms with Crippen LogP contribution in [0.3, 0.4) is 0 Å². The molecule has 0 radical (unpaired) electrons. The third kappa shape index (κ3) is 3.43. The number of pyridine rings is 1. The SMILES string of the molecule is CC=CCSc1nc(C)c(C(C)=O)cc1C#N. The lowest BCUT2D eigenvalue weighted by Gasteiger charge is -2.06. The van der Waals surface area contributed by atoms with Crippen LogP contribution in [0.5, 0.6) is 0 Å². The molecular formula is C13H14N2OS. The highest BCUT2D eigenvalue weighted by atomic mass is 32.2.